The van der Waals surface area contributed by atoms with Gasteiger partial charge in [-0.05, 0) is 67.6 Å². The van der Waals surface area contributed by atoms with Gasteiger partial charge in [-0.3, -0.25) is 4.79 Å². The van der Waals surface area contributed by atoms with E-state index in [9.17, 15) is 4.79 Å². The van der Waals surface area contributed by atoms with Crippen molar-refractivity contribution in [1.82, 2.24) is 5.43 Å². The SMILES string of the molecule is CN(C)c1ccc(/C=N/NC(=O)C23CC4CCC(CC(C4)C2)C3)cc1. The molecule has 0 spiro atoms. The Kier molecular flexibility index (Phi) is 4.30. The summed E-state index contributed by atoms with van der Waals surface area (Å²) >= 11 is 0. The molecule has 0 aromatic heterocycles. The number of hydrogen-bond donors (Lipinski definition) is 1. The van der Waals surface area contributed by atoms with Crippen LogP contribution in [0.25, 0.3) is 0 Å². The summed E-state index contributed by atoms with van der Waals surface area (Å²) in [6.45, 7) is 0. The molecule has 0 saturated heterocycles. The topological polar surface area (TPSA) is 44.7 Å². The maximum absolute atomic E-state index is 13.0. The van der Waals surface area contributed by atoms with E-state index in [-0.39, 0.29) is 11.3 Å². The van der Waals surface area contributed by atoms with Crippen LogP contribution < -0.4 is 10.3 Å². The van der Waals surface area contributed by atoms with Crippen LogP contribution in [0.15, 0.2) is 29.4 Å². The van der Waals surface area contributed by atoms with E-state index >= 15 is 0 Å². The summed E-state index contributed by atoms with van der Waals surface area (Å²) in [5, 5.41) is 4.27. The molecule has 1 amide bonds. The van der Waals surface area contributed by atoms with Crippen molar-refractivity contribution in [3.8, 4) is 0 Å². The number of anilines is 1. The van der Waals surface area contributed by atoms with Crippen molar-refractivity contribution in [2.24, 2.45) is 28.3 Å². The first-order chi connectivity index (χ1) is 12.0. The van der Waals surface area contributed by atoms with Crippen LogP contribution in [0, 0.1) is 23.2 Å². The standard InChI is InChI=1S/C21H29N3O/c1-24(2)19-7-5-15(6-8-19)14-22-23-20(25)21-11-16-3-4-17(12-21)10-18(9-16)13-21/h5-8,14,16-18H,3-4,9-13H2,1-2H3,(H,23,25)/b22-14+. The van der Waals surface area contributed by atoms with Gasteiger partial charge >= 0.3 is 0 Å². The first-order valence-electron chi connectivity index (χ1n) is 9.65. The lowest BCUT2D eigenvalue weighted by Crippen LogP contribution is -2.47. The van der Waals surface area contributed by atoms with E-state index in [1.54, 1.807) is 6.21 Å². The second-order valence-corrected chi connectivity index (χ2v) is 8.72. The van der Waals surface area contributed by atoms with Crippen molar-refractivity contribution in [2.75, 3.05) is 19.0 Å². The Labute approximate surface area is 150 Å². The lowest BCUT2D eigenvalue weighted by molar-refractivity contribution is -0.138. The molecule has 0 radical (unpaired) electrons. The van der Waals surface area contributed by atoms with Gasteiger partial charge in [0.2, 0.25) is 5.91 Å². The first kappa shape index (κ1) is 16.6. The van der Waals surface area contributed by atoms with Gasteiger partial charge in [0.1, 0.15) is 0 Å². The van der Waals surface area contributed by atoms with Crippen molar-refractivity contribution in [2.45, 2.75) is 44.9 Å². The number of fused-ring (bicyclic) bond motifs is 1. The fraction of sp³-hybridized carbons (Fsp3) is 0.619. The van der Waals surface area contributed by atoms with Gasteiger partial charge in [0, 0.05) is 19.8 Å². The molecule has 5 rings (SSSR count). The summed E-state index contributed by atoms with van der Waals surface area (Å²) in [6.07, 6.45) is 10.4. The average molecular weight is 339 g/mol. The van der Waals surface area contributed by atoms with Gasteiger partial charge in [-0.1, -0.05) is 25.0 Å². The predicted molar refractivity (Wildman–Crippen MR) is 102 cm³/mol. The summed E-state index contributed by atoms with van der Waals surface area (Å²) in [5.41, 5.74) is 4.90. The minimum absolute atomic E-state index is 0.140. The van der Waals surface area contributed by atoms with Crippen molar-refractivity contribution < 1.29 is 4.79 Å². The smallest absolute Gasteiger partial charge is 0.246 e. The second-order valence-electron chi connectivity index (χ2n) is 8.72. The lowest BCUT2D eigenvalue weighted by Gasteiger charge is -2.46. The molecule has 2 atom stereocenters. The van der Waals surface area contributed by atoms with Crippen molar-refractivity contribution in [3.63, 3.8) is 0 Å². The fourth-order valence-corrected chi connectivity index (χ4v) is 5.61. The van der Waals surface area contributed by atoms with Gasteiger partial charge in [-0.2, -0.15) is 5.10 Å². The zero-order valence-electron chi connectivity index (χ0n) is 15.4. The molecular formula is C21H29N3O. The summed E-state index contributed by atoms with van der Waals surface area (Å²) < 4.78 is 0. The number of nitrogens with one attached hydrogen (secondary N) is 1. The quantitative estimate of drug-likeness (QED) is 0.670. The Morgan fingerprint density at radius 3 is 2.28 bits per heavy atom. The number of benzene rings is 1. The summed E-state index contributed by atoms with van der Waals surface area (Å²) in [5.74, 6) is 2.46. The molecule has 0 heterocycles. The minimum atomic E-state index is -0.140. The Bertz CT molecular complexity index is 648. The van der Waals surface area contributed by atoms with Crippen LogP contribution in [-0.2, 0) is 4.79 Å². The van der Waals surface area contributed by atoms with Gasteiger partial charge in [0.25, 0.3) is 0 Å². The molecule has 4 heteroatoms. The molecule has 25 heavy (non-hydrogen) atoms. The van der Waals surface area contributed by atoms with Crippen LogP contribution in [0.4, 0.5) is 5.69 Å². The first-order valence-corrected chi connectivity index (χ1v) is 9.65. The maximum Gasteiger partial charge on any atom is 0.246 e. The average Bonchev–Trinajstić information content (AvgIpc) is 2.81. The van der Waals surface area contributed by atoms with E-state index in [4.69, 9.17) is 0 Å². The Morgan fingerprint density at radius 2 is 1.68 bits per heavy atom. The van der Waals surface area contributed by atoms with Gasteiger partial charge in [-0.25, -0.2) is 5.43 Å². The van der Waals surface area contributed by atoms with E-state index in [1.165, 1.54) is 25.7 Å². The van der Waals surface area contributed by atoms with Crippen LogP contribution in [0.2, 0.25) is 0 Å². The van der Waals surface area contributed by atoms with Crippen molar-refractivity contribution >= 4 is 17.8 Å². The largest absolute Gasteiger partial charge is 0.378 e. The molecule has 4 aliphatic carbocycles. The molecule has 134 valence electrons. The molecule has 1 N–H and O–H groups in total. The number of amides is 1. The summed E-state index contributed by atoms with van der Waals surface area (Å²) in [4.78, 5) is 15.0. The number of carbonyl (C=O) groups is 1. The summed E-state index contributed by atoms with van der Waals surface area (Å²) in [7, 11) is 4.05. The highest BCUT2D eigenvalue weighted by Crippen LogP contribution is 2.57. The number of rotatable bonds is 4. The Hall–Kier alpha value is -1.84. The molecule has 2 unspecified atom stereocenters. The third kappa shape index (κ3) is 3.31. The Balaban J connectivity index is 1.42. The normalized spacial score (nSPS) is 33.4. The summed E-state index contributed by atoms with van der Waals surface area (Å²) in [6, 6.07) is 8.18. The van der Waals surface area contributed by atoms with E-state index < -0.39 is 0 Å². The second kappa shape index (κ2) is 6.47. The predicted octanol–water partition coefficient (Wildman–Crippen LogP) is 3.81. The third-order valence-electron chi connectivity index (χ3n) is 6.63. The number of carbonyl (C=O) groups excluding carboxylic acids is 1. The molecule has 1 aromatic carbocycles. The van der Waals surface area contributed by atoms with Gasteiger partial charge in [0.15, 0.2) is 0 Å². The molecule has 1 aromatic rings. The van der Waals surface area contributed by atoms with E-state index in [2.05, 4.69) is 27.6 Å². The van der Waals surface area contributed by atoms with Crippen LogP contribution in [0.1, 0.15) is 50.5 Å². The third-order valence-corrected chi connectivity index (χ3v) is 6.63. The molecule has 0 aliphatic heterocycles. The van der Waals surface area contributed by atoms with Crippen molar-refractivity contribution in [1.29, 1.82) is 0 Å². The number of hydrazone groups is 1. The number of hydrogen-bond acceptors (Lipinski definition) is 3. The molecule has 4 nitrogen and oxygen atoms in total. The van der Waals surface area contributed by atoms with E-state index in [0.717, 1.165) is 48.3 Å². The molecule has 4 fully saturated rings. The highest BCUT2D eigenvalue weighted by Gasteiger charge is 2.52. The minimum Gasteiger partial charge on any atom is -0.378 e. The fourth-order valence-electron chi connectivity index (χ4n) is 5.61. The lowest BCUT2D eigenvalue weighted by atomic mass is 9.58. The van der Waals surface area contributed by atoms with Gasteiger partial charge in [0.05, 0.1) is 11.6 Å². The van der Waals surface area contributed by atoms with E-state index in [0.29, 0.717) is 0 Å². The molecule has 4 bridgehead atoms. The Morgan fingerprint density at radius 1 is 1.08 bits per heavy atom. The highest BCUT2D eigenvalue weighted by molar-refractivity contribution is 5.86. The number of nitrogens with zero attached hydrogens (tertiary/aromatic N) is 2. The molecule has 4 saturated carbocycles. The van der Waals surface area contributed by atoms with Crippen LogP contribution in [0.5, 0.6) is 0 Å². The van der Waals surface area contributed by atoms with Crippen LogP contribution in [-0.4, -0.2) is 26.2 Å². The van der Waals surface area contributed by atoms with Gasteiger partial charge < -0.3 is 4.90 Å². The highest BCUT2D eigenvalue weighted by atomic mass is 16.2. The zero-order chi connectivity index (χ0) is 17.4. The monoisotopic (exact) mass is 339 g/mol. The molecular weight excluding hydrogens is 310 g/mol. The molecule has 4 aliphatic rings. The van der Waals surface area contributed by atoms with E-state index in [1.807, 2.05) is 26.2 Å². The zero-order valence-corrected chi connectivity index (χ0v) is 15.4. The maximum atomic E-state index is 13.0. The van der Waals surface area contributed by atoms with Gasteiger partial charge in [-0.15, -0.1) is 0 Å². The van der Waals surface area contributed by atoms with Crippen LogP contribution >= 0.6 is 0 Å². The van der Waals surface area contributed by atoms with Crippen LogP contribution in [0.3, 0.4) is 0 Å². The van der Waals surface area contributed by atoms with Crippen molar-refractivity contribution in [3.05, 3.63) is 29.8 Å².